The van der Waals surface area contributed by atoms with Crippen molar-refractivity contribution in [2.45, 2.75) is 12.8 Å². The number of rotatable bonds is 2. The van der Waals surface area contributed by atoms with E-state index in [1.54, 1.807) is 0 Å². The van der Waals surface area contributed by atoms with Gasteiger partial charge in [-0.3, -0.25) is 4.79 Å². The molecule has 1 aliphatic heterocycles. The molecule has 0 aromatic heterocycles. The Morgan fingerprint density at radius 3 is 3.00 bits per heavy atom. The molecule has 0 saturated carbocycles. The Morgan fingerprint density at radius 2 is 2.56 bits per heavy atom. The van der Waals surface area contributed by atoms with E-state index >= 15 is 0 Å². The third-order valence-corrected chi connectivity index (χ3v) is 1.64. The van der Waals surface area contributed by atoms with Crippen molar-refractivity contribution in [2.24, 2.45) is 5.92 Å². The SMILES string of the molecule is O=C1NCCC1CCO. The Balaban J connectivity index is 2.31. The molecule has 52 valence electrons. The first-order chi connectivity index (χ1) is 4.34. The van der Waals surface area contributed by atoms with Gasteiger partial charge < -0.3 is 10.4 Å². The number of hydrogen-bond acceptors (Lipinski definition) is 2. The smallest absolute Gasteiger partial charge is 0.223 e. The van der Waals surface area contributed by atoms with E-state index in [0.717, 1.165) is 13.0 Å². The number of nitrogens with one attached hydrogen (secondary N) is 1. The van der Waals surface area contributed by atoms with Crippen molar-refractivity contribution in [3.63, 3.8) is 0 Å². The molecular weight excluding hydrogens is 118 g/mol. The van der Waals surface area contributed by atoms with Crippen LogP contribution in [0, 0.1) is 5.92 Å². The molecular formula is C6H11NO2. The molecule has 0 aromatic rings. The largest absolute Gasteiger partial charge is 0.396 e. The lowest BCUT2D eigenvalue weighted by atomic mass is 10.1. The molecule has 3 nitrogen and oxygen atoms in total. The minimum absolute atomic E-state index is 0.0787. The summed E-state index contributed by atoms with van der Waals surface area (Å²) in [5, 5.41) is 11.2. The van der Waals surface area contributed by atoms with Crippen LogP contribution in [-0.2, 0) is 4.79 Å². The van der Waals surface area contributed by atoms with E-state index in [9.17, 15) is 4.79 Å². The van der Waals surface area contributed by atoms with Gasteiger partial charge in [-0.25, -0.2) is 0 Å². The van der Waals surface area contributed by atoms with Crippen molar-refractivity contribution in [2.75, 3.05) is 13.2 Å². The number of aliphatic hydroxyl groups is 1. The predicted molar refractivity (Wildman–Crippen MR) is 32.8 cm³/mol. The summed E-state index contributed by atoms with van der Waals surface area (Å²) >= 11 is 0. The van der Waals surface area contributed by atoms with E-state index < -0.39 is 0 Å². The first-order valence-electron chi connectivity index (χ1n) is 3.23. The highest BCUT2D eigenvalue weighted by molar-refractivity contribution is 5.80. The van der Waals surface area contributed by atoms with Gasteiger partial charge in [0.15, 0.2) is 0 Å². The molecule has 1 amide bonds. The Hall–Kier alpha value is -0.570. The van der Waals surface area contributed by atoms with Gasteiger partial charge in [-0.05, 0) is 12.8 Å². The number of amides is 1. The second-order valence-corrected chi connectivity index (χ2v) is 2.29. The highest BCUT2D eigenvalue weighted by atomic mass is 16.3. The van der Waals surface area contributed by atoms with Gasteiger partial charge in [-0.2, -0.15) is 0 Å². The normalized spacial score (nSPS) is 26.3. The fourth-order valence-electron chi connectivity index (χ4n) is 1.08. The lowest BCUT2D eigenvalue weighted by molar-refractivity contribution is -0.122. The molecule has 0 radical (unpaired) electrons. The second-order valence-electron chi connectivity index (χ2n) is 2.29. The van der Waals surface area contributed by atoms with Crippen molar-refractivity contribution >= 4 is 5.91 Å². The van der Waals surface area contributed by atoms with Gasteiger partial charge in [0.25, 0.3) is 0 Å². The van der Waals surface area contributed by atoms with Crippen LogP contribution in [0.4, 0.5) is 0 Å². The van der Waals surface area contributed by atoms with E-state index in [1.807, 2.05) is 0 Å². The summed E-state index contributed by atoms with van der Waals surface area (Å²) in [7, 11) is 0. The van der Waals surface area contributed by atoms with Crippen molar-refractivity contribution < 1.29 is 9.90 Å². The first kappa shape index (κ1) is 6.55. The Kier molecular flexibility index (Phi) is 2.05. The molecule has 1 saturated heterocycles. The summed E-state index contributed by atoms with van der Waals surface area (Å²) in [5.74, 6) is 0.180. The molecule has 0 bridgehead atoms. The average Bonchev–Trinajstić information content (AvgIpc) is 2.18. The fourth-order valence-corrected chi connectivity index (χ4v) is 1.08. The zero-order valence-corrected chi connectivity index (χ0v) is 5.26. The number of carbonyl (C=O) groups is 1. The summed E-state index contributed by atoms with van der Waals surface area (Å²) in [6.07, 6.45) is 1.51. The first-order valence-corrected chi connectivity index (χ1v) is 3.23. The molecule has 0 spiro atoms. The zero-order chi connectivity index (χ0) is 6.69. The molecule has 3 heteroatoms. The van der Waals surface area contributed by atoms with Gasteiger partial charge >= 0.3 is 0 Å². The number of aliphatic hydroxyl groups excluding tert-OH is 1. The third-order valence-electron chi connectivity index (χ3n) is 1.64. The van der Waals surface area contributed by atoms with Crippen LogP contribution in [0.3, 0.4) is 0 Å². The summed E-state index contributed by atoms with van der Waals surface area (Å²) in [6, 6.07) is 0. The van der Waals surface area contributed by atoms with Crippen LogP contribution >= 0.6 is 0 Å². The van der Waals surface area contributed by atoms with E-state index in [-0.39, 0.29) is 18.4 Å². The Bertz CT molecular complexity index is 114. The maximum absolute atomic E-state index is 10.7. The molecule has 1 heterocycles. The highest BCUT2D eigenvalue weighted by Gasteiger charge is 2.22. The quantitative estimate of drug-likeness (QED) is 0.528. The molecule has 1 unspecified atom stereocenters. The van der Waals surface area contributed by atoms with E-state index in [1.165, 1.54) is 0 Å². The number of hydrogen-bond donors (Lipinski definition) is 2. The van der Waals surface area contributed by atoms with E-state index in [0.29, 0.717) is 6.42 Å². The van der Waals surface area contributed by atoms with E-state index in [4.69, 9.17) is 5.11 Å². The van der Waals surface area contributed by atoms with Crippen LogP contribution in [0.5, 0.6) is 0 Å². The van der Waals surface area contributed by atoms with Gasteiger partial charge in [0.2, 0.25) is 5.91 Å². The molecule has 1 aliphatic rings. The lowest BCUT2D eigenvalue weighted by Crippen LogP contribution is -2.19. The minimum atomic E-state index is 0.0787. The molecule has 1 rings (SSSR count). The topological polar surface area (TPSA) is 49.3 Å². The number of carbonyl (C=O) groups excluding carboxylic acids is 1. The monoisotopic (exact) mass is 129 g/mol. The standard InChI is InChI=1S/C6H11NO2/c8-4-2-5-1-3-7-6(5)9/h5,8H,1-4H2,(H,7,9). The van der Waals surface area contributed by atoms with Crippen LogP contribution in [-0.4, -0.2) is 24.2 Å². The van der Waals surface area contributed by atoms with Crippen LogP contribution < -0.4 is 5.32 Å². The highest BCUT2D eigenvalue weighted by Crippen LogP contribution is 2.12. The average molecular weight is 129 g/mol. The van der Waals surface area contributed by atoms with Crippen LogP contribution in [0.15, 0.2) is 0 Å². The maximum Gasteiger partial charge on any atom is 0.223 e. The molecule has 1 atom stereocenters. The van der Waals surface area contributed by atoms with Crippen molar-refractivity contribution in [3.05, 3.63) is 0 Å². The summed E-state index contributed by atoms with van der Waals surface area (Å²) < 4.78 is 0. The Labute approximate surface area is 54.1 Å². The maximum atomic E-state index is 10.7. The minimum Gasteiger partial charge on any atom is -0.396 e. The molecule has 1 fully saturated rings. The van der Waals surface area contributed by atoms with Gasteiger partial charge in [-0.1, -0.05) is 0 Å². The Morgan fingerprint density at radius 1 is 1.78 bits per heavy atom. The van der Waals surface area contributed by atoms with Crippen molar-refractivity contribution in [3.8, 4) is 0 Å². The van der Waals surface area contributed by atoms with Crippen LogP contribution in [0.2, 0.25) is 0 Å². The molecule has 0 aliphatic carbocycles. The van der Waals surface area contributed by atoms with Gasteiger partial charge in [0.1, 0.15) is 0 Å². The lowest BCUT2D eigenvalue weighted by Gasteiger charge is -2.00. The zero-order valence-electron chi connectivity index (χ0n) is 5.26. The van der Waals surface area contributed by atoms with Gasteiger partial charge in [-0.15, -0.1) is 0 Å². The van der Waals surface area contributed by atoms with Crippen molar-refractivity contribution in [1.29, 1.82) is 0 Å². The second kappa shape index (κ2) is 2.82. The third kappa shape index (κ3) is 1.42. The van der Waals surface area contributed by atoms with Gasteiger partial charge in [0, 0.05) is 19.1 Å². The summed E-state index contributed by atoms with van der Waals surface area (Å²) in [5.41, 5.74) is 0. The van der Waals surface area contributed by atoms with Crippen LogP contribution in [0.25, 0.3) is 0 Å². The summed E-state index contributed by atoms with van der Waals surface area (Å²) in [4.78, 5) is 10.7. The van der Waals surface area contributed by atoms with E-state index in [2.05, 4.69) is 5.32 Å². The van der Waals surface area contributed by atoms with Crippen molar-refractivity contribution in [1.82, 2.24) is 5.32 Å². The molecule has 0 aromatic carbocycles. The van der Waals surface area contributed by atoms with Gasteiger partial charge in [0.05, 0.1) is 0 Å². The molecule has 9 heavy (non-hydrogen) atoms. The summed E-state index contributed by atoms with van der Waals surface area (Å²) in [6.45, 7) is 0.904. The fraction of sp³-hybridized carbons (Fsp3) is 0.833. The predicted octanol–water partition coefficient (Wildman–Crippen LogP) is -0.495. The molecule has 2 N–H and O–H groups in total. The van der Waals surface area contributed by atoms with Crippen LogP contribution in [0.1, 0.15) is 12.8 Å².